The van der Waals surface area contributed by atoms with Crippen molar-refractivity contribution in [1.82, 2.24) is 4.98 Å². The Balaban J connectivity index is 2.30. The SMILES string of the molecule is CC(O)(Cc1cnccc1N)c1cccc(Cl)c1. The number of hydrogen-bond acceptors (Lipinski definition) is 3. The Kier molecular flexibility index (Phi) is 3.55. The highest BCUT2D eigenvalue weighted by molar-refractivity contribution is 6.30. The van der Waals surface area contributed by atoms with E-state index in [1.807, 2.05) is 12.1 Å². The summed E-state index contributed by atoms with van der Waals surface area (Å²) < 4.78 is 0. The van der Waals surface area contributed by atoms with Crippen molar-refractivity contribution in [3.63, 3.8) is 0 Å². The molecule has 3 N–H and O–H groups in total. The van der Waals surface area contributed by atoms with Crippen LogP contribution in [0, 0.1) is 0 Å². The molecule has 0 aliphatic rings. The van der Waals surface area contributed by atoms with Crippen LogP contribution in [0.3, 0.4) is 0 Å². The molecule has 0 amide bonds. The van der Waals surface area contributed by atoms with Crippen LogP contribution < -0.4 is 5.73 Å². The Morgan fingerprint density at radius 2 is 2.17 bits per heavy atom. The summed E-state index contributed by atoms with van der Waals surface area (Å²) in [5, 5.41) is 11.1. The fourth-order valence-corrected chi connectivity index (χ4v) is 2.07. The molecule has 1 aromatic heterocycles. The molecular weight excluding hydrogens is 248 g/mol. The Hall–Kier alpha value is -1.58. The zero-order chi connectivity index (χ0) is 13.2. The molecule has 0 aliphatic heterocycles. The average molecular weight is 263 g/mol. The molecule has 0 spiro atoms. The van der Waals surface area contributed by atoms with Crippen LogP contribution in [0.1, 0.15) is 18.1 Å². The standard InChI is InChI=1S/C14H15ClN2O/c1-14(18,11-3-2-4-12(15)7-11)8-10-9-17-6-5-13(10)16/h2-7,9,18H,8H2,1H3,(H2,16,17). The lowest BCUT2D eigenvalue weighted by molar-refractivity contribution is 0.0577. The number of nitrogen functional groups attached to an aromatic ring is 1. The molecule has 2 aromatic rings. The first-order chi connectivity index (χ1) is 8.49. The maximum absolute atomic E-state index is 10.5. The van der Waals surface area contributed by atoms with E-state index in [4.69, 9.17) is 17.3 Å². The molecular formula is C14H15ClN2O. The van der Waals surface area contributed by atoms with Crippen molar-refractivity contribution >= 4 is 17.3 Å². The van der Waals surface area contributed by atoms with E-state index in [9.17, 15) is 5.11 Å². The van der Waals surface area contributed by atoms with E-state index in [1.165, 1.54) is 0 Å². The van der Waals surface area contributed by atoms with Crippen LogP contribution in [0.4, 0.5) is 5.69 Å². The topological polar surface area (TPSA) is 59.1 Å². The maximum atomic E-state index is 10.5. The number of anilines is 1. The first kappa shape index (κ1) is 12.9. The van der Waals surface area contributed by atoms with Crippen molar-refractivity contribution in [1.29, 1.82) is 0 Å². The summed E-state index contributed by atoms with van der Waals surface area (Å²) in [5.74, 6) is 0. The molecule has 1 aromatic carbocycles. The van der Waals surface area contributed by atoms with Gasteiger partial charge in [-0.2, -0.15) is 0 Å². The van der Waals surface area contributed by atoms with Crippen molar-refractivity contribution in [2.24, 2.45) is 0 Å². The summed E-state index contributed by atoms with van der Waals surface area (Å²) in [4.78, 5) is 4.02. The van der Waals surface area contributed by atoms with E-state index < -0.39 is 5.60 Å². The number of nitrogens with zero attached hydrogens (tertiary/aromatic N) is 1. The third-order valence-electron chi connectivity index (χ3n) is 2.92. The lowest BCUT2D eigenvalue weighted by Crippen LogP contribution is -2.24. The predicted octanol–water partition coefficient (Wildman–Crippen LogP) is 2.77. The molecule has 0 radical (unpaired) electrons. The van der Waals surface area contributed by atoms with Crippen LogP contribution in [0.2, 0.25) is 5.02 Å². The van der Waals surface area contributed by atoms with Gasteiger partial charge in [0.15, 0.2) is 0 Å². The molecule has 4 heteroatoms. The quantitative estimate of drug-likeness (QED) is 0.894. The minimum atomic E-state index is -1.03. The summed E-state index contributed by atoms with van der Waals surface area (Å²) in [5.41, 5.74) is 7.05. The van der Waals surface area contributed by atoms with Gasteiger partial charge in [0.05, 0.1) is 5.60 Å². The van der Waals surface area contributed by atoms with Crippen LogP contribution in [0.5, 0.6) is 0 Å². The van der Waals surface area contributed by atoms with Gasteiger partial charge in [0.2, 0.25) is 0 Å². The second-order valence-electron chi connectivity index (χ2n) is 4.54. The molecule has 0 aliphatic carbocycles. The molecule has 1 heterocycles. The van der Waals surface area contributed by atoms with Gasteiger partial charge in [0, 0.05) is 29.5 Å². The molecule has 1 unspecified atom stereocenters. The van der Waals surface area contributed by atoms with Gasteiger partial charge in [-0.15, -0.1) is 0 Å². The van der Waals surface area contributed by atoms with Gasteiger partial charge in [-0.3, -0.25) is 4.98 Å². The van der Waals surface area contributed by atoms with Gasteiger partial charge in [0.1, 0.15) is 0 Å². The molecule has 1 atom stereocenters. The van der Waals surface area contributed by atoms with E-state index in [0.717, 1.165) is 11.1 Å². The van der Waals surface area contributed by atoms with Crippen molar-refractivity contribution in [2.75, 3.05) is 5.73 Å². The lowest BCUT2D eigenvalue weighted by Gasteiger charge is -2.24. The fraction of sp³-hybridized carbons (Fsp3) is 0.214. The molecule has 3 nitrogen and oxygen atoms in total. The summed E-state index contributed by atoms with van der Waals surface area (Å²) in [6, 6.07) is 8.92. The number of aliphatic hydroxyl groups is 1. The molecule has 0 fully saturated rings. The van der Waals surface area contributed by atoms with Crippen LogP contribution in [-0.2, 0) is 12.0 Å². The smallest absolute Gasteiger partial charge is 0.0910 e. The Bertz CT molecular complexity index is 555. The molecule has 94 valence electrons. The second-order valence-corrected chi connectivity index (χ2v) is 4.97. The van der Waals surface area contributed by atoms with Crippen molar-refractivity contribution in [3.8, 4) is 0 Å². The van der Waals surface area contributed by atoms with E-state index >= 15 is 0 Å². The number of halogens is 1. The van der Waals surface area contributed by atoms with Gasteiger partial charge in [-0.25, -0.2) is 0 Å². The first-order valence-electron chi connectivity index (χ1n) is 5.66. The zero-order valence-electron chi connectivity index (χ0n) is 10.1. The normalized spacial score (nSPS) is 14.2. The largest absolute Gasteiger partial charge is 0.398 e. The Morgan fingerprint density at radius 1 is 1.39 bits per heavy atom. The average Bonchev–Trinajstić information content (AvgIpc) is 2.32. The highest BCUT2D eigenvalue weighted by Gasteiger charge is 2.24. The number of rotatable bonds is 3. The van der Waals surface area contributed by atoms with Crippen LogP contribution in [0.15, 0.2) is 42.7 Å². The van der Waals surface area contributed by atoms with E-state index in [-0.39, 0.29) is 0 Å². The van der Waals surface area contributed by atoms with E-state index in [2.05, 4.69) is 4.98 Å². The number of aromatic nitrogens is 1. The van der Waals surface area contributed by atoms with E-state index in [0.29, 0.717) is 17.1 Å². The summed E-state index contributed by atoms with van der Waals surface area (Å²) in [6.07, 6.45) is 3.70. The highest BCUT2D eigenvalue weighted by Crippen LogP contribution is 2.28. The van der Waals surface area contributed by atoms with Crippen molar-refractivity contribution in [3.05, 3.63) is 58.9 Å². The molecule has 18 heavy (non-hydrogen) atoms. The third-order valence-corrected chi connectivity index (χ3v) is 3.16. The summed E-state index contributed by atoms with van der Waals surface area (Å²) in [7, 11) is 0. The van der Waals surface area contributed by atoms with Gasteiger partial charge in [0.25, 0.3) is 0 Å². The van der Waals surface area contributed by atoms with Gasteiger partial charge in [-0.1, -0.05) is 23.7 Å². The minimum absolute atomic E-state index is 0.396. The van der Waals surface area contributed by atoms with Gasteiger partial charge >= 0.3 is 0 Å². The van der Waals surface area contributed by atoms with Crippen LogP contribution in [-0.4, -0.2) is 10.1 Å². The van der Waals surface area contributed by atoms with Crippen LogP contribution in [0.25, 0.3) is 0 Å². The number of benzene rings is 1. The maximum Gasteiger partial charge on any atom is 0.0910 e. The zero-order valence-corrected chi connectivity index (χ0v) is 10.9. The van der Waals surface area contributed by atoms with E-state index in [1.54, 1.807) is 37.5 Å². The first-order valence-corrected chi connectivity index (χ1v) is 6.03. The van der Waals surface area contributed by atoms with Gasteiger partial charge in [-0.05, 0) is 36.2 Å². The second kappa shape index (κ2) is 4.96. The number of nitrogens with two attached hydrogens (primary N) is 1. The minimum Gasteiger partial charge on any atom is -0.398 e. The van der Waals surface area contributed by atoms with Crippen LogP contribution >= 0.6 is 11.6 Å². The molecule has 0 saturated heterocycles. The Labute approximate surface area is 111 Å². The number of pyridine rings is 1. The van der Waals surface area contributed by atoms with Crippen molar-refractivity contribution in [2.45, 2.75) is 18.9 Å². The summed E-state index contributed by atoms with van der Waals surface area (Å²) >= 11 is 5.94. The third kappa shape index (κ3) is 2.81. The monoisotopic (exact) mass is 262 g/mol. The Morgan fingerprint density at radius 3 is 2.83 bits per heavy atom. The molecule has 0 bridgehead atoms. The lowest BCUT2D eigenvalue weighted by atomic mass is 9.89. The summed E-state index contributed by atoms with van der Waals surface area (Å²) in [6.45, 7) is 1.74. The highest BCUT2D eigenvalue weighted by atomic mass is 35.5. The fourth-order valence-electron chi connectivity index (χ4n) is 1.88. The molecule has 2 rings (SSSR count). The molecule has 0 saturated carbocycles. The van der Waals surface area contributed by atoms with Gasteiger partial charge < -0.3 is 10.8 Å². The predicted molar refractivity (Wildman–Crippen MR) is 73.4 cm³/mol. The van der Waals surface area contributed by atoms with Crippen molar-refractivity contribution < 1.29 is 5.11 Å². The number of hydrogen-bond donors (Lipinski definition) is 2.